The van der Waals surface area contributed by atoms with Crippen molar-refractivity contribution in [2.24, 2.45) is 0 Å². The van der Waals surface area contributed by atoms with Gasteiger partial charge in [-0.25, -0.2) is 0 Å². The van der Waals surface area contributed by atoms with Crippen LogP contribution >= 0.6 is 0 Å². The molecule has 0 rings (SSSR count). The van der Waals surface area contributed by atoms with Gasteiger partial charge in [0.05, 0.1) is 0 Å². The number of hydrogen-bond donors (Lipinski definition) is 0. The van der Waals surface area contributed by atoms with E-state index < -0.39 is 6.10 Å². The van der Waals surface area contributed by atoms with Crippen LogP contribution in [0.3, 0.4) is 0 Å². The van der Waals surface area contributed by atoms with Gasteiger partial charge in [-0.2, -0.15) is 0 Å². The first-order valence-corrected chi connectivity index (χ1v) is 30.0. The van der Waals surface area contributed by atoms with E-state index in [4.69, 9.17) is 14.2 Å². The first-order valence-electron chi connectivity index (χ1n) is 30.0. The topological polar surface area (TPSA) is 78.9 Å². The molecular weight excluding hydrogens is 925 g/mol. The van der Waals surface area contributed by atoms with Crippen molar-refractivity contribution in [3.63, 3.8) is 0 Å². The highest BCUT2D eigenvalue weighted by Crippen LogP contribution is 2.13. The monoisotopic (exact) mass is 1030 g/mol. The predicted octanol–water partition coefficient (Wildman–Crippen LogP) is 20.5. The molecule has 0 saturated heterocycles. The van der Waals surface area contributed by atoms with Crippen molar-refractivity contribution in [3.05, 3.63) is 158 Å². The van der Waals surface area contributed by atoms with Gasteiger partial charge in [-0.05, 0) is 135 Å². The molecule has 0 heterocycles. The lowest BCUT2D eigenvalue weighted by molar-refractivity contribution is -0.167. The van der Waals surface area contributed by atoms with E-state index in [0.29, 0.717) is 19.3 Å². The van der Waals surface area contributed by atoms with E-state index in [9.17, 15) is 14.4 Å². The van der Waals surface area contributed by atoms with Gasteiger partial charge in [-0.15, -0.1) is 0 Å². The Kier molecular flexibility index (Phi) is 57.5. The Morgan fingerprint density at radius 3 is 0.867 bits per heavy atom. The molecule has 0 radical (unpaired) electrons. The largest absolute Gasteiger partial charge is 0.462 e. The van der Waals surface area contributed by atoms with Gasteiger partial charge in [0.2, 0.25) is 0 Å². The second-order valence-corrected chi connectivity index (χ2v) is 19.1. The summed E-state index contributed by atoms with van der Waals surface area (Å²) < 4.78 is 16.8. The summed E-state index contributed by atoms with van der Waals surface area (Å²) in [4.78, 5) is 38.2. The molecule has 0 fully saturated rings. The molecule has 0 N–H and O–H groups in total. The lowest BCUT2D eigenvalue weighted by atomic mass is 10.1. The van der Waals surface area contributed by atoms with Gasteiger partial charge in [0, 0.05) is 19.3 Å². The van der Waals surface area contributed by atoms with E-state index in [2.05, 4.69) is 179 Å². The Balaban J connectivity index is 4.56. The van der Waals surface area contributed by atoms with Gasteiger partial charge in [0.1, 0.15) is 13.2 Å². The minimum Gasteiger partial charge on any atom is -0.462 e. The van der Waals surface area contributed by atoms with Crippen molar-refractivity contribution in [1.29, 1.82) is 0 Å². The second kappa shape index (κ2) is 61.6. The van der Waals surface area contributed by atoms with Gasteiger partial charge in [-0.1, -0.05) is 243 Å². The summed E-state index contributed by atoms with van der Waals surface area (Å²) in [6, 6.07) is 0. The number of hydrogen-bond acceptors (Lipinski definition) is 6. The molecule has 0 saturated carbocycles. The zero-order valence-electron chi connectivity index (χ0n) is 48.0. The maximum absolute atomic E-state index is 12.9. The van der Waals surface area contributed by atoms with E-state index >= 15 is 0 Å². The van der Waals surface area contributed by atoms with Crippen molar-refractivity contribution < 1.29 is 28.6 Å². The number of allylic oxidation sites excluding steroid dienone is 26. The standard InChI is InChI=1S/C69H108O6/c1-4-7-10-13-16-19-22-25-28-31-32-33-34-35-36-39-41-44-47-50-53-56-59-62-68(71)74-65-66(75-69(72)63-60-57-54-51-48-45-42-38-30-27-24-21-18-15-12-9-6-3)64-73-67(70)61-58-55-52-49-46-43-40-37-29-26-23-20-17-14-11-8-5-2/h8-9,11-12,17-18,20-22,25-27,29-32,34-35,40,42-43,45,49,51-52,54,66H,4-7,10,13-16,19,23-24,28,33,36-39,41,44,46-48,50,53,55-65H2,1-3H3/b11-8-,12-9-,20-17-,21-18-,25-22-,29-26-,30-27-,32-31-,35-34-,43-40-,45-42-,52-49-,54-51-. The molecule has 1 unspecified atom stereocenters. The lowest BCUT2D eigenvalue weighted by Crippen LogP contribution is -2.30. The van der Waals surface area contributed by atoms with Crippen molar-refractivity contribution in [2.75, 3.05) is 13.2 Å². The Labute approximate surface area is 460 Å². The van der Waals surface area contributed by atoms with Gasteiger partial charge in [0.25, 0.3) is 0 Å². The number of esters is 3. The maximum atomic E-state index is 12.9. The Morgan fingerprint density at radius 1 is 0.280 bits per heavy atom. The molecule has 420 valence electrons. The number of unbranched alkanes of at least 4 members (excludes halogenated alkanes) is 15. The highest BCUT2D eigenvalue weighted by Gasteiger charge is 2.19. The zero-order chi connectivity index (χ0) is 54.3. The van der Waals surface area contributed by atoms with Gasteiger partial charge in [-0.3, -0.25) is 14.4 Å². The summed E-state index contributed by atoms with van der Waals surface area (Å²) in [5.41, 5.74) is 0. The van der Waals surface area contributed by atoms with Gasteiger partial charge < -0.3 is 14.2 Å². The summed E-state index contributed by atoms with van der Waals surface area (Å²) >= 11 is 0. The van der Waals surface area contributed by atoms with E-state index in [1.54, 1.807) is 0 Å². The summed E-state index contributed by atoms with van der Waals surface area (Å²) in [5.74, 6) is -1.06. The fourth-order valence-electron chi connectivity index (χ4n) is 7.58. The molecule has 0 aliphatic carbocycles. The Bertz CT molecular complexity index is 1710. The van der Waals surface area contributed by atoms with Crippen LogP contribution in [0.15, 0.2) is 158 Å². The van der Waals surface area contributed by atoms with E-state index in [-0.39, 0.29) is 44.0 Å². The molecule has 0 aliphatic heterocycles. The van der Waals surface area contributed by atoms with Crippen LogP contribution in [-0.2, 0) is 28.6 Å². The molecule has 0 aromatic carbocycles. The summed E-state index contributed by atoms with van der Waals surface area (Å²) in [7, 11) is 0. The first-order chi connectivity index (χ1) is 37.0. The smallest absolute Gasteiger partial charge is 0.306 e. The number of carbonyl (C=O) groups is 3. The summed E-state index contributed by atoms with van der Waals surface area (Å²) in [6.45, 7) is 6.29. The quantitative estimate of drug-likeness (QED) is 0.0261. The van der Waals surface area contributed by atoms with Crippen LogP contribution in [0.25, 0.3) is 0 Å². The normalized spacial score (nSPS) is 13.3. The van der Waals surface area contributed by atoms with Crippen LogP contribution < -0.4 is 0 Å². The molecule has 0 spiro atoms. The molecule has 75 heavy (non-hydrogen) atoms. The molecule has 0 aliphatic rings. The average molecular weight is 1030 g/mol. The number of carbonyl (C=O) groups excluding carboxylic acids is 3. The van der Waals surface area contributed by atoms with Crippen molar-refractivity contribution in [3.8, 4) is 0 Å². The SMILES string of the molecule is CC/C=C\C/C=C\C/C=C\C/C=C\C/C=C\CCCC(=O)OCC(COC(=O)CCCCCCCCCC/C=C\C/C=C\C/C=C\CCCCCCC)OC(=O)CCC/C=C\C/C=C\C/C=C\C/C=C\C/C=C\CC. The van der Waals surface area contributed by atoms with Crippen LogP contribution in [0.5, 0.6) is 0 Å². The van der Waals surface area contributed by atoms with Crippen LogP contribution in [0.2, 0.25) is 0 Å². The molecular formula is C69H108O6. The van der Waals surface area contributed by atoms with Crippen molar-refractivity contribution >= 4 is 17.9 Å². The Hall–Kier alpha value is -4.97. The van der Waals surface area contributed by atoms with Crippen LogP contribution in [0.4, 0.5) is 0 Å². The minimum atomic E-state index is -0.843. The molecule has 6 nitrogen and oxygen atoms in total. The van der Waals surface area contributed by atoms with Crippen LogP contribution in [0.1, 0.15) is 239 Å². The van der Waals surface area contributed by atoms with E-state index in [0.717, 1.165) is 116 Å². The van der Waals surface area contributed by atoms with Crippen LogP contribution in [-0.4, -0.2) is 37.2 Å². The highest BCUT2D eigenvalue weighted by atomic mass is 16.6. The van der Waals surface area contributed by atoms with Crippen molar-refractivity contribution in [2.45, 2.75) is 245 Å². The fourth-order valence-corrected chi connectivity index (χ4v) is 7.58. The third-order valence-electron chi connectivity index (χ3n) is 12.0. The molecule has 0 bridgehead atoms. The number of ether oxygens (including phenoxy) is 3. The number of rotatable bonds is 52. The predicted molar refractivity (Wildman–Crippen MR) is 325 cm³/mol. The Morgan fingerprint density at radius 2 is 0.533 bits per heavy atom. The second-order valence-electron chi connectivity index (χ2n) is 19.1. The molecule has 0 aromatic rings. The molecule has 0 amide bonds. The zero-order valence-corrected chi connectivity index (χ0v) is 48.0. The van der Waals surface area contributed by atoms with E-state index in [1.807, 2.05) is 0 Å². The third-order valence-corrected chi connectivity index (χ3v) is 12.0. The van der Waals surface area contributed by atoms with Crippen molar-refractivity contribution in [1.82, 2.24) is 0 Å². The summed E-state index contributed by atoms with van der Waals surface area (Å²) in [6.07, 6.45) is 89.6. The fraction of sp³-hybridized carbons (Fsp3) is 0.580. The summed E-state index contributed by atoms with van der Waals surface area (Å²) in [5, 5.41) is 0. The van der Waals surface area contributed by atoms with E-state index in [1.165, 1.54) is 70.6 Å². The first kappa shape index (κ1) is 70.0. The molecule has 6 heteroatoms. The molecule has 0 aromatic heterocycles. The van der Waals surface area contributed by atoms with Gasteiger partial charge in [0.15, 0.2) is 6.10 Å². The highest BCUT2D eigenvalue weighted by molar-refractivity contribution is 5.71. The maximum Gasteiger partial charge on any atom is 0.306 e. The lowest BCUT2D eigenvalue weighted by Gasteiger charge is -2.18. The van der Waals surface area contributed by atoms with Gasteiger partial charge >= 0.3 is 17.9 Å². The minimum absolute atomic E-state index is 0.129. The average Bonchev–Trinajstić information content (AvgIpc) is 3.41. The van der Waals surface area contributed by atoms with Crippen LogP contribution in [0, 0.1) is 0 Å². The third kappa shape index (κ3) is 59.8. The molecule has 1 atom stereocenters.